The lowest BCUT2D eigenvalue weighted by Crippen LogP contribution is -2.40. The summed E-state index contributed by atoms with van der Waals surface area (Å²) in [5, 5.41) is 2.89. The molecule has 0 aliphatic carbocycles. The van der Waals surface area contributed by atoms with E-state index in [2.05, 4.69) is 10.0 Å². The maximum atomic E-state index is 12.3. The van der Waals surface area contributed by atoms with Crippen LogP contribution in [0, 0.1) is 0 Å². The van der Waals surface area contributed by atoms with Crippen LogP contribution in [0.15, 0.2) is 59.5 Å². The van der Waals surface area contributed by atoms with Crippen LogP contribution in [0.2, 0.25) is 0 Å². The van der Waals surface area contributed by atoms with Gasteiger partial charge in [-0.25, -0.2) is 13.1 Å². The molecule has 0 saturated carbocycles. The second-order valence-electron chi connectivity index (χ2n) is 7.26. The van der Waals surface area contributed by atoms with Crippen LogP contribution in [-0.2, 0) is 27.8 Å². The van der Waals surface area contributed by atoms with Crippen LogP contribution in [0.4, 0.5) is 0 Å². The summed E-state index contributed by atoms with van der Waals surface area (Å²) in [4.78, 5) is 12.2. The van der Waals surface area contributed by atoms with Crippen molar-refractivity contribution in [1.29, 1.82) is 0 Å². The zero-order chi connectivity index (χ0) is 19.2. The maximum absolute atomic E-state index is 12.3. The fraction of sp³-hybridized carbons (Fsp3) is 0.350. The second kappa shape index (κ2) is 8.47. The Balaban J connectivity index is 1.86. The topological polar surface area (TPSA) is 75.3 Å². The molecule has 0 atom stereocenters. The highest BCUT2D eigenvalue weighted by Crippen LogP contribution is 2.14. The van der Waals surface area contributed by atoms with Crippen molar-refractivity contribution in [3.8, 4) is 0 Å². The minimum atomic E-state index is -3.53. The van der Waals surface area contributed by atoms with Crippen molar-refractivity contribution in [2.24, 2.45) is 0 Å². The lowest BCUT2D eigenvalue weighted by atomic mass is 10.1. The van der Waals surface area contributed by atoms with Gasteiger partial charge in [0.05, 0.1) is 4.90 Å². The van der Waals surface area contributed by atoms with Crippen LogP contribution >= 0.6 is 0 Å². The van der Waals surface area contributed by atoms with E-state index in [1.54, 1.807) is 45.0 Å². The highest BCUT2D eigenvalue weighted by molar-refractivity contribution is 7.89. The molecular weight excluding hydrogens is 348 g/mol. The predicted octanol–water partition coefficient (Wildman–Crippen LogP) is 3.01. The minimum Gasteiger partial charge on any atom is -0.352 e. The van der Waals surface area contributed by atoms with E-state index in [1.807, 2.05) is 30.3 Å². The standard InChI is InChI=1S/C20H26N2O3S/c1-20(2,3)22-26(24,25)18-12-9-16(10-13-18)11-14-19(23)21-15-17-7-5-4-6-8-17/h4-10,12-13,22H,11,14-15H2,1-3H3,(H,21,23). The van der Waals surface area contributed by atoms with Gasteiger partial charge in [-0.15, -0.1) is 0 Å². The molecule has 0 aliphatic rings. The van der Waals surface area contributed by atoms with Crippen molar-refractivity contribution in [3.05, 3.63) is 65.7 Å². The molecule has 1 amide bonds. The van der Waals surface area contributed by atoms with Gasteiger partial charge in [-0.3, -0.25) is 4.79 Å². The van der Waals surface area contributed by atoms with Gasteiger partial charge in [-0.2, -0.15) is 0 Å². The molecule has 2 N–H and O–H groups in total. The summed E-state index contributed by atoms with van der Waals surface area (Å²) in [5.74, 6) is -0.0278. The van der Waals surface area contributed by atoms with E-state index in [9.17, 15) is 13.2 Å². The van der Waals surface area contributed by atoms with E-state index in [4.69, 9.17) is 0 Å². The quantitative estimate of drug-likeness (QED) is 0.782. The Hall–Kier alpha value is -2.18. The molecule has 0 heterocycles. The summed E-state index contributed by atoms with van der Waals surface area (Å²) in [6, 6.07) is 16.4. The Morgan fingerprint density at radius 1 is 0.923 bits per heavy atom. The van der Waals surface area contributed by atoms with Gasteiger partial charge in [0, 0.05) is 18.5 Å². The van der Waals surface area contributed by atoms with Gasteiger partial charge in [0.2, 0.25) is 15.9 Å². The first-order valence-corrected chi connectivity index (χ1v) is 10.1. The van der Waals surface area contributed by atoms with Crippen molar-refractivity contribution in [3.63, 3.8) is 0 Å². The molecule has 5 nitrogen and oxygen atoms in total. The van der Waals surface area contributed by atoms with Crippen molar-refractivity contribution in [2.45, 2.75) is 50.6 Å². The molecule has 0 fully saturated rings. The second-order valence-corrected chi connectivity index (χ2v) is 8.94. The SMILES string of the molecule is CC(C)(C)NS(=O)(=O)c1ccc(CCC(=O)NCc2ccccc2)cc1. The molecule has 0 saturated heterocycles. The van der Waals surface area contributed by atoms with Gasteiger partial charge in [0.15, 0.2) is 0 Å². The third-order valence-corrected chi connectivity index (χ3v) is 5.42. The van der Waals surface area contributed by atoms with Crippen LogP contribution in [-0.4, -0.2) is 19.9 Å². The summed E-state index contributed by atoms with van der Waals surface area (Å²) in [7, 11) is -3.53. The largest absolute Gasteiger partial charge is 0.352 e. The average Bonchev–Trinajstić information content (AvgIpc) is 2.57. The molecule has 2 rings (SSSR count). The molecule has 0 radical (unpaired) electrons. The first-order valence-electron chi connectivity index (χ1n) is 8.59. The van der Waals surface area contributed by atoms with Gasteiger partial charge in [-0.1, -0.05) is 42.5 Å². The van der Waals surface area contributed by atoms with Crippen molar-refractivity contribution in [2.75, 3.05) is 0 Å². The molecule has 0 unspecified atom stereocenters. The first kappa shape index (κ1) is 20.1. The first-order chi connectivity index (χ1) is 12.2. The smallest absolute Gasteiger partial charge is 0.241 e. The van der Waals surface area contributed by atoms with E-state index < -0.39 is 15.6 Å². The molecule has 2 aromatic rings. The summed E-state index contributed by atoms with van der Waals surface area (Å²) < 4.78 is 27.2. The Kier molecular flexibility index (Phi) is 6.56. The van der Waals surface area contributed by atoms with Crippen LogP contribution in [0.1, 0.15) is 38.3 Å². The maximum Gasteiger partial charge on any atom is 0.241 e. The number of hydrogen-bond donors (Lipinski definition) is 2. The Morgan fingerprint density at radius 2 is 1.54 bits per heavy atom. The molecule has 0 aromatic heterocycles. The van der Waals surface area contributed by atoms with E-state index in [1.165, 1.54) is 0 Å². The number of nitrogens with one attached hydrogen (secondary N) is 2. The summed E-state index contributed by atoms with van der Waals surface area (Å²) in [6.45, 7) is 5.91. The zero-order valence-corrected chi connectivity index (χ0v) is 16.3. The zero-order valence-electron chi connectivity index (χ0n) is 15.5. The Labute approximate surface area is 155 Å². The lowest BCUT2D eigenvalue weighted by molar-refractivity contribution is -0.121. The molecule has 0 aliphatic heterocycles. The highest BCUT2D eigenvalue weighted by Gasteiger charge is 2.21. The lowest BCUT2D eigenvalue weighted by Gasteiger charge is -2.20. The fourth-order valence-electron chi connectivity index (χ4n) is 2.44. The number of carbonyl (C=O) groups is 1. The van der Waals surface area contributed by atoms with Gasteiger partial charge in [-0.05, 0) is 50.5 Å². The van der Waals surface area contributed by atoms with Crippen molar-refractivity contribution < 1.29 is 13.2 Å². The van der Waals surface area contributed by atoms with Crippen LogP contribution in [0.3, 0.4) is 0 Å². The van der Waals surface area contributed by atoms with Gasteiger partial charge >= 0.3 is 0 Å². The number of hydrogen-bond acceptors (Lipinski definition) is 3. The summed E-state index contributed by atoms with van der Waals surface area (Å²) in [6.07, 6.45) is 0.923. The Bertz CT molecular complexity index is 824. The predicted molar refractivity (Wildman–Crippen MR) is 103 cm³/mol. The van der Waals surface area contributed by atoms with Crippen LogP contribution in [0.25, 0.3) is 0 Å². The van der Waals surface area contributed by atoms with E-state index in [0.29, 0.717) is 19.4 Å². The third kappa shape index (κ3) is 6.61. The number of aryl methyl sites for hydroxylation is 1. The molecule has 140 valence electrons. The number of benzene rings is 2. The average molecular weight is 375 g/mol. The number of rotatable bonds is 7. The van der Waals surface area contributed by atoms with E-state index >= 15 is 0 Å². The minimum absolute atomic E-state index is 0.0278. The summed E-state index contributed by atoms with van der Waals surface area (Å²) in [5.41, 5.74) is 1.45. The number of amides is 1. The van der Waals surface area contributed by atoms with Crippen molar-refractivity contribution >= 4 is 15.9 Å². The fourth-order valence-corrected chi connectivity index (χ4v) is 3.86. The van der Waals surface area contributed by atoms with Gasteiger partial charge < -0.3 is 5.32 Å². The normalized spacial score (nSPS) is 12.0. The Morgan fingerprint density at radius 3 is 2.12 bits per heavy atom. The number of sulfonamides is 1. The van der Waals surface area contributed by atoms with Gasteiger partial charge in [0.1, 0.15) is 0 Å². The van der Waals surface area contributed by atoms with E-state index in [0.717, 1.165) is 11.1 Å². The third-order valence-electron chi connectivity index (χ3n) is 3.65. The number of carbonyl (C=O) groups excluding carboxylic acids is 1. The molecular formula is C20H26N2O3S. The monoisotopic (exact) mass is 374 g/mol. The molecule has 0 bridgehead atoms. The van der Waals surface area contributed by atoms with Gasteiger partial charge in [0.25, 0.3) is 0 Å². The van der Waals surface area contributed by atoms with Crippen molar-refractivity contribution in [1.82, 2.24) is 10.0 Å². The van der Waals surface area contributed by atoms with E-state index in [-0.39, 0.29) is 10.8 Å². The molecule has 6 heteroatoms. The molecule has 0 spiro atoms. The molecule has 2 aromatic carbocycles. The van der Waals surface area contributed by atoms with Crippen LogP contribution in [0.5, 0.6) is 0 Å². The summed E-state index contributed by atoms with van der Waals surface area (Å²) >= 11 is 0. The highest BCUT2D eigenvalue weighted by atomic mass is 32.2. The molecule has 26 heavy (non-hydrogen) atoms. The van der Waals surface area contributed by atoms with Crippen LogP contribution < -0.4 is 10.0 Å².